The average Bonchev–Trinajstić information content (AvgIpc) is 2.38. The number of hydrogen-bond acceptors (Lipinski definition) is 2. The lowest BCUT2D eigenvalue weighted by atomic mass is 10.1. The highest BCUT2D eigenvalue weighted by Gasteiger charge is 2.12. The zero-order valence-corrected chi connectivity index (χ0v) is 11.6. The van der Waals surface area contributed by atoms with Crippen LogP contribution in [0, 0.1) is 5.82 Å². The van der Waals surface area contributed by atoms with E-state index in [1.165, 1.54) is 12.1 Å². The topological polar surface area (TPSA) is 40.5 Å². The van der Waals surface area contributed by atoms with Crippen molar-refractivity contribution in [3.63, 3.8) is 0 Å². The molecule has 0 heterocycles. The zero-order valence-electron chi connectivity index (χ0n) is 10.8. The van der Waals surface area contributed by atoms with Gasteiger partial charge in [-0.25, -0.2) is 9.18 Å². The monoisotopic (exact) mass is 293 g/mol. The fourth-order valence-electron chi connectivity index (χ4n) is 1.92. The Labute approximate surface area is 121 Å². The molecule has 3 nitrogen and oxygen atoms in total. The summed E-state index contributed by atoms with van der Waals surface area (Å²) in [4.78, 5) is 12.6. The molecule has 0 radical (unpaired) electrons. The van der Waals surface area contributed by atoms with Gasteiger partial charge in [-0.3, -0.25) is 0 Å². The molecule has 0 aliphatic heterocycles. The molecule has 20 heavy (non-hydrogen) atoms. The number of carboxylic acid groups (broad SMARTS) is 1. The van der Waals surface area contributed by atoms with Gasteiger partial charge in [-0.2, -0.15) is 0 Å². The molecule has 0 aromatic heterocycles. The molecule has 2 rings (SSSR count). The molecule has 0 spiro atoms. The van der Waals surface area contributed by atoms with Crippen molar-refractivity contribution in [2.45, 2.75) is 6.54 Å². The van der Waals surface area contributed by atoms with E-state index in [-0.39, 0.29) is 5.56 Å². The lowest BCUT2D eigenvalue weighted by Crippen LogP contribution is -2.17. The Morgan fingerprint density at radius 1 is 1.30 bits per heavy atom. The Morgan fingerprint density at radius 2 is 2.05 bits per heavy atom. The van der Waals surface area contributed by atoms with Crippen molar-refractivity contribution in [1.82, 2.24) is 0 Å². The predicted octanol–water partition coefficient (Wildman–Crippen LogP) is 3.81. The summed E-state index contributed by atoms with van der Waals surface area (Å²) in [7, 11) is 1.80. The number of anilines is 1. The number of benzene rings is 2. The molecule has 0 saturated heterocycles. The van der Waals surface area contributed by atoms with Gasteiger partial charge in [0, 0.05) is 24.3 Å². The van der Waals surface area contributed by atoms with Crippen LogP contribution in [0.25, 0.3) is 0 Å². The van der Waals surface area contributed by atoms with E-state index in [9.17, 15) is 9.18 Å². The van der Waals surface area contributed by atoms with E-state index in [1.807, 2.05) is 23.1 Å². The van der Waals surface area contributed by atoms with Gasteiger partial charge >= 0.3 is 5.97 Å². The number of nitrogens with zero attached hydrogens (tertiary/aromatic N) is 1. The van der Waals surface area contributed by atoms with Crippen molar-refractivity contribution in [3.8, 4) is 0 Å². The van der Waals surface area contributed by atoms with Crippen molar-refractivity contribution in [3.05, 3.63) is 64.4 Å². The molecule has 104 valence electrons. The number of carbonyl (C=O) groups is 1. The van der Waals surface area contributed by atoms with Crippen molar-refractivity contribution in [2.24, 2.45) is 0 Å². The molecule has 0 aliphatic carbocycles. The van der Waals surface area contributed by atoms with Gasteiger partial charge in [-0.1, -0.05) is 23.7 Å². The summed E-state index contributed by atoms with van der Waals surface area (Å²) in [5, 5.41) is 9.43. The van der Waals surface area contributed by atoms with Crippen LogP contribution < -0.4 is 4.90 Å². The quantitative estimate of drug-likeness (QED) is 0.932. The first kappa shape index (κ1) is 14.3. The Hall–Kier alpha value is -2.07. The van der Waals surface area contributed by atoms with Gasteiger partial charge in [0.25, 0.3) is 0 Å². The summed E-state index contributed by atoms with van der Waals surface area (Å²) >= 11 is 5.91. The first-order valence-corrected chi connectivity index (χ1v) is 6.33. The lowest BCUT2D eigenvalue weighted by Gasteiger charge is -2.20. The van der Waals surface area contributed by atoms with E-state index in [0.717, 1.165) is 5.56 Å². The van der Waals surface area contributed by atoms with Crippen molar-refractivity contribution in [2.75, 3.05) is 11.9 Å². The van der Waals surface area contributed by atoms with Gasteiger partial charge in [0.15, 0.2) is 0 Å². The van der Waals surface area contributed by atoms with Gasteiger partial charge < -0.3 is 10.0 Å². The third-order valence-corrected chi connectivity index (χ3v) is 3.17. The molecule has 0 bridgehead atoms. The second kappa shape index (κ2) is 5.92. The number of rotatable bonds is 4. The minimum absolute atomic E-state index is 0.329. The highest BCUT2D eigenvalue weighted by molar-refractivity contribution is 6.30. The minimum atomic E-state index is -1.27. The van der Waals surface area contributed by atoms with Gasteiger partial charge in [0.05, 0.1) is 5.56 Å². The Bertz CT molecular complexity index is 646. The average molecular weight is 294 g/mol. The van der Waals surface area contributed by atoms with E-state index in [0.29, 0.717) is 17.3 Å². The number of hydrogen-bond donors (Lipinski definition) is 1. The molecule has 0 amide bonds. The maximum atomic E-state index is 13.6. The third-order valence-electron chi connectivity index (χ3n) is 2.93. The number of halogens is 2. The van der Waals surface area contributed by atoms with Crippen LogP contribution in [0.15, 0.2) is 42.5 Å². The second-order valence-electron chi connectivity index (χ2n) is 4.46. The molecular weight excluding hydrogens is 281 g/mol. The van der Waals surface area contributed by atoms with E-state index in [4.69, 9.17) is 16.7 Å². The maximum Gasteiger partial charge on any atom is 0.338 e. The fourth-order valence-corrected chi connectivity index (χ4v) is 2.13. The van der Waals surface area contributed by atoms with Crippen LogP contribution in [0.2, 0.25) is 5.02 Å². The molecule has 0 saturated carbocycles. The Morgan fingerprint density at radius 3 is 2.65 bits per heavy atom. The molecule has 0 atom stereocenters. The molecular formula is C15H13ClFNO2. The molecule has 5 heteroatoms. The van der Waals surface area contributed by atoms with Crippen molar-refractivity contribution < 1.29 is 14.3 Å². The normalized spacial score (nSPS) is 10.3. The largest absolute Gasteiger partial charge is 0.478 e. The van der Waals surface area contributed by atoms with Gasteiger partial charge in [-0.15, -0.1) is 0 Å². The first-order valence-electron chi connectivity index (χ1n) is 5.96. The fraction of sp³-hybridized carbons (Fsp3) is 0.133. The summed E-state index contributed by atoms with van der Waals surface area (Å²) in [6.45, 7) is 0.548. The predicted molar refractivity (Wildman–Crippen MR) is 76.9 cm³/mol. The standard InChI is InChI=1S/C15H13ClFNO2/c1-18(9-10-3-2-4-11(16)7-10)12-5-6-13(15(19)20)14(17)8-12/h2-8H,9H2,1H3,(H,19,20). The van der Waals surface area contributed by atoms with Crippen molar-refractivity contribution >= 4 is 23.3 Å². The lowest BCUT2D eigenvalue weighted by molar-refractivity contribution is 0.0692. The first-order chi connectivity index (χ1) is 9.47. The maximum absolute atomic E-state index is 13.6. The molecule has 2 aromatic carbocycles. The molecule has 1 N–H and O–H groups in total. The summed E-state index contributed by atoms with van der Waals surface area (Å²) in [5.74, 6) is -2.01. The Kier molecular flexibility index (Phi) is 4.25. The molecule has 0 aliphatic rings. The third kappa shape index (κ3) is 3.27. The van der Waals surface area contributed by atoms with Crippen LogP contribution in [-0.2, 0) is 6.54 Å². The highest BCUT2D eigenvalue weighted by Crippen LogP contribution is 2.20. The van der Waals surface area contributed by atoms with Crippen LogP contribution in [-0.4, -0.2) is 18.1 Å². The Balaban J connectivity index is 2.19. The van der Waals surface area contributed by atoms with Gasteiger partial charge in [0.2, 0.25) is 0 Å². The summed E-state index contributed by atoms with van der Waals surface area (Å²) in [6.07, 6.45) is 0. The zero-order chi connectivity index (χ0) is 14.7. The molecule has 0 unspecified atom stereocenters. The summed E-state index contributed by atoms with van der Waals surface area (Å²) in [6, 6.07) is 11.4. The van der Waals surface area contributed by atoms with Gasteiger partial charge in [0.1, 0.15) is 5.82 Å². The van der Waals surface area contributed by atoms with Gasteiger partial charge in [-0.05, 0) is 35.9 Å². The van der Waals surface area contributed by atoms with Crippen molar-refractivity contribution in [1.29, 1.82) is 0 Å². The molecule has 0 fully saturated rings. The van der Waals surface area contributed by atoms with Crippen LogP contribution >= 0.6 is 11.6 Å². The van der Waals surface area contributed by atoms with E-state index in [2.05, 4.69) is 0 Å². The van der Waals surface area contributed by atoms with Crippen LogP contribution in [0.4, 0.5) is 10.1 Å². The van der Waals surface area contributed by atoms with E-state index < -0.39 is 11.8 Å². The molecule has 2 aromatic rings. The van der Waals surface area contributed by atoms with E-state index in [1.54, 1.807) is 19.2 Å². The summed E-state index contributed by atoms with van der Waals surface area (Å²) in [5.41, 5.74) is 1.26. The number of aromatic carboxylic acids is 1. The van der Waals surface area contributed by atoms with Crippen LogP contribution in [0.3, 0.4) is 0 Å². The van der Waals surface area contributed by atoms with E-state index >= 15 is 0 Å². The highest BCUT2D eigenvalue weighted by atomic mass is 35.5. The summed E-state index contributed by atoms with van der Waals surface area (Å²) < 4.78 is 13.6. The number of carboxylic acids is 1. The minimum Gasteiger partial charge on any atom is -0.478 e. The smallest absolute Gasteiger partial charge is 0.338 e. The second-order valence-corrected chi connectivity index (χ2v) is 4.89. The van der Waals surface area contributed by atoms with Crippen LogP contribution in [0.5, 0.6) is 0 Å². The SMILES string of the molecule is CN(Cc1cccc(Cl)c1)c1ccc(C(=O)O)c(F)c1. The van der Waals surface area contributed by atoms with Crippen LogP contribution in [0.1, 0.15) is 15.9 Å².